The van der Waals surface area contributed by atoms with Crippen LogP contribution in [0.3, 0.4) is 0 Å². The molecule has 138 valence electrons. The number of carboxylic acid groups (broad SMARTS) is 2. The summed E-state index contributed by atoms with van der Waals surface area (Å²) in [6, 6.07) is 5.09. The van der Waals surface area contributed by atoms with Gasteiger partial charge in [0.1, 0.15) is 6.29 Å². The van der Waals surface area contributed by atoms with E-state index in [-0.39, 0.29) is 24.9 Å². The zero-order valence-electron chi connectivity index (χ0n) is 13.7. The van der Waals surface area contributed by atoms with Gasteiger partial charge in [0.05, 0.1) is 12.6 Å². The van der Waals surface area contributed by atoms with Gasteiger partial charge in [0.25, 0.3) is 5.91 Å². The van der Waals surface area contributed by atoms with E-state index in [2.05, 4.69) is 10.6 Å². The summed E-state index contributed by atoms with van der Waals surface area (Å²) < 4.78 is 0. The first kappa shape index (κ1) is 20.6. The molecule has 2 amide bonds. The van der Waals surface area contributed by atoms with Crippen molar-refractivity contribution in [2.24, 2.45) is 0 Å². The Morgan fingerprint density at radius 2 is 1.73 bits per heavy atom. The lowest BCUT2D eigenvalue weighted by molar-refractivity contribution is -0.137. The molecule has 0 unspecified atom stereocenters. The molecule has 1 rings (SSSR count). The summed E-state index contributed by atoms with van der Waals surface area (Å²) in [4.78, 5) is 55.3. The molecule has 4 N–H and O–H groups in total. The van der Waals surface area contributed by atoms with Crippen LogP contribution in [0.1, 0.15) is 28.8 Å². The maximum Gasteiger partial charge on any atom is 0.328 e. The fourth-order valence-electron chi connectivity index (χ4n) is 1.89. The minimum absolute atomic E-state index is 0.0379. The van der Waals surface area contributed by atoms with Crippen LogP contribution < -0.4 is 10.6 Å². The SMILES string of the molecule is O=C[C@H](CCC(=O)O)NC(=O)CNC(=O)c1ccc(C=CC(=O)O)cc1. The second-order valence-electron chi connectivity index (χ2n) is 5.22. The number of aliphatic carboxylic acids is 2. The molecule has 0 fully saturated rings. The number of hydrogen-bond donors (Lipinski definition) is 4. The summed E-state index contributed by atoms with van der Waals surface area (Å²) in [5.74, 6) is -3.32. The van der Waals surface area contributed by atoms with Gasteiger partial charge in [-0.05, 0) is 30.2 Å². The molecule has 1 aromatic rings. The van der Waals surface area contributed by atoms with Gasteiger partial charge in [-0.2, -0.15) is 0 Å². The average Bonchev–Trinajstić information content (AvgIpc) is 2.61. The molecule has 1 aromatic carbocycles. The van der Waals surface area contributed by atoms with Crippen molar-refractivity contribution in [2.75, 3.05) is 6.54 Å². The number of hydrogen-bond acceptors (Lipinski definition) is 5. The van der Waals surface area contributed by atoms with Crippen molar-refractivity contribution in [3.8, 4) is 0 Å². The van der Waals surface area contributed by atoms with Gasteiger partial charge in [-0.15, -0.1) is 0 Å². The van der Waals surface area contributed by atoms with Crippen LogP contribution in [0.15, 0.2) is 30.3 Å². The van der Waals surface area contributed by atoms with E-state index in [1.165, 1.54) is 18.2 Å². The number of carboxylic acids is 2. The first-order valence-electron chi connectivity index (χ1n) is 7.57. The number of amides is 2. The Hall–Kier alpha value is -3.49. The molecule has 0 aliphatic heterocycles. The highest BCUT2D eigenvalue weighted by atomic mass is 16.4. The van der Waals surface area contributed by atoms with E-state index in [1.807, 2.05) is 0 Å². The van der Waals surface area contributed by atoms with Gasteiger partial charge in [-0.3, -0.25) is 14.4 Å². The molecule has 9 nitrogen and oxygen atoms in total. The molecule has 0 aliphatic rings. The summed E-state index contributed by atoms with van der Waals surface area (Å²) in [6.07, 6.45) is 2.47. The van der Waals surface area contributed by atoms with E-state index in [4.69, 9.17) is 10.2 Å². The van der Waals surface area contributed by atoms with E-state index in [0.29, 0.717) is 11.8 Å². The van der Waals surface area contributed by atoms with Crippen LogP contribution in [-0.2, 0) is 19.2 Å². The van der Waals surface area contributed by atoms with Crippen molar-refractivity contribution in [3.63, 3.8) is 0 Å². The Labute approximate surface area is 148 Å². The Kier molecular flexibility index (Phi) is 8.21. The summed E-state index contributed by atoms with van der Waals surface area (Å²) in [5.41, 5.74) is 0.858. The Morgan fingerprint density at radius 3 is 2.27 bits per heavy atom. The van der Waals surface area contributed by atoms with Crippen molar-refractivity contribution in [1.29, 1.82) is 0 Å². The number of nitrogens with one attached hydrogen (secondary N) is 2. The van der Waals surface area contributed by atoms with Crippen LogP contribution in [0.25, 0.3) is 6.08 Å². The lowest BCUT2D eigenvalue weighted by Gasteiger charge is -2.12. The fourth-order valence-corrected chi connectivity index (χ4v) is 1.89. The predicted molar refractivity (Wildman–Crippen MR) is 90.3 cm³/mol. The summed E-state index contributed by atoms with van der Waals surface area (Å²) in [5, 5.41) is 21.8. The van der Waals surface area contributed by atoms with Crippen molar-refractivity contribution in [1.82, 2.24) is 10.6 Å². The number of benzene rings is 1. The molecule has 0 saturated heterocycles. The Morgan fingerprint density at radius 1 is 1.08 bits per heavy atom. The van der Waals surface area contributed by atoms with Crippen LogP contribution in [-0.4, -0.2) is 52.8 Å². The maximum absolute atomic E-state index is 11.9. The minimum atomic E-state index is -1.09. The third kappa shape index (κ3) is 7.86. The van der Waals surface area contributed by atoms with E-state index < -0.39 is 29.8 Å². The average molecular weight is 362 g/mol. The van der Waals surface area contributed by atoms with E-state index >= 15 is 0 Å². The summed E-state index contributed by atoms with van der Waals surface area (Å²) >= 11 is 0. The zero-order valence-corrected chi connectivity index (χ0v) is 13.7. The smallest absolute Gasteiger partial charge is 0.328 e. The highest BCUT2D eigenvalue weighted by Crippen LogP contribution is 2.06. The first-order valence-corrected chi connectivity index (χ1v) is 7.57. The number of rotatable bonds is 10. The molecule has 26 heavy (non-hydrogen) atoms. The summed E-state index contributed by atoms with van der Waals surface area (Å²) in [6.45, 7) is -0.378. The van der Waals surface area contributed by atoms with E-state index in [9.17, 15) is 24.0 Å². The predicted octanol–water partition coefficient (Wildman–Crippen LogP) is 0.0627. The molecule has 0 bridgehead atoms. The number of aldehydes is 1. The van der Waals surface area contributed by atoms with Gasteiger partial charge in [0, 0.05) is 18.1 Å². The molecular formula is C17H18N2O7. The van der Waals surface area contributed by atoms with Gasteiger partial charge >= 0.3 is 11.9 Å². The van der Waals surface area contributed by atoms with E-state index in [0.717, 1.165) is 6.08 Å². The highest BCUT2D eigenvalue weighted by molar-refractivity contribution is 5.97. The molecule has 1 atom stereocenters. The van der Waals surface area contributed by atoms with Crippen LogP contribution in [0.2, 0.25) is 0 Å². The number of carbonyl (C=O) groups is 5. The van der Waals surface area contributed by atoms with Crippen molar-refractivity contribution in [3.05, 3.63) is 41.5 Å². The topological polar surface area (TPSA) is 150 Å². The molecule has 0 aromatic heterocycles. The van der Waals surface area contributed by atoms with Crippen LogP contribution in [0.4, 0.5) is 0 Å². The molecular weight excluding hydrogens is 344 g/mol. The number of carbonyl (C=O) groups excluding carboxylic acids is 3. The van der Waals surface area contributed by atoms with Crippen molar-refractivity contribution < 1.29 is 34.2 Å². The lowest BCUT2D eigenvalue weighted by atomic mass is 10.1. The second-order valence-corrected chi connectivity index (χ2v) is 5.22. The molecule has 0 saturated carbocycles. The quantitative estimate of drug-likeness (QED) is 0.339. The molecule has 9 heteroatoms. The molecule has 0 heterocycles. The maximum atomic E-state index is 11.9. The second kappa shape index (κ2) is 10.4. The lowest BCUT2D eigenvalue weighted by Crippen LogP contribution is -2.42. The van der Waals surface area contributed by atoms with Crippen LogP contribution in [0.5, 0.6) is 0 Å². The zero-order chi connectivity index (χ0) is 19.5. The third-order valence-corrected chi connectivity index (χ3v) is 3.18. The highest BCUT2D eigenvalue weighted by Gasteiger charge is 2.14. The van der Waals surface area contributed by atoms with Gasteiger partial charge < -0.3 is 25.6 Å². The first-order chi connectivity index (χ1) is 12.3. The van der Waals surface area contributed by atoms with Gasteiger partial charge in [-0.1, -0.05) is 12.1 Å². The van der Waals surface area contributed by atoms with Gasteiger partial charge in [-0.25, -0.2) is 4.79 Å². The fraction of sp³-hybridized carbons (Fsp3) is 0.235. The normalized spacial score (nSPS) is 11.5. The van der Waals surface area contributed by atoms with Gasteiger partial charge in [0.2, 0.25) is 5.91 Å². The minimum Gasteiger partial charge on any atom is -0.481 e. The Balaban J connectivity index is 2.49. The molecule has 0 radical (unpaired) electrons. The van der Waals surface area contributed by atoms with E-state index in [1.54, 1.807) is 12.1 Å². The summed E-state index contributed by atoms with van der Waals surface area (Å²) in [7, 11) is 0. The molecule has 0 spiro atoms. The van der Waals surface area contributed by atoms with Gasteiger partial charge in [0.15, 0.2) is 0 Å². The third-order valence-electron chi connectivity index (χ3n) is 3.18. The van der Waals surface area contributed by atoms with Crippen molar-refractivity contribution >= 4 is 36.1 Å². The monoisotopic (exact) mass is 362 g/mol. The molecule has 0 aliphatic carbocycles. The largest absolute Gasteiger partial charge is 0.481 e. The van der Waals surface area contributed by atoms with Crippen molar-refractivity contribution in [2.45, 2.75) is 18.9 Å². The van der Waals surface area contributed by atoms with Crippen LogP contribution >= 0.6 is 0 Å². The van der Waals surface area contributed by atoms with Crippen LogP contribution in [0, 0.1) is 0 Å². The Bertz CT molecular complexity index is 710. The standard InChI is InChI=1S/C17H18N2O7/c20-10-13(6-8-16(24)25)19-14(21)9-18-17(26)12-4-1-11(2-5-12)3-7-15(22)23/h1-5,7,10,13H,6,8-9H2,(H,18,26)(H,19,21)(H,22,23)(H,24,25)/t13-/m0/s1.